The Bertz CT molecular complexity index is 872. The van der Waals surface area contributed by atoms with Crippen LogP contribution < -0.4 is 10.2 Å². The number of fused-ring (bicyclic) bond motifs is 1. The molecule has 2 aromatic rings. The Kier molecular flexibility index (Phi) is 5.86. The van der Waals surface area contributed by atoms with Gasteiger partial charge < -0.3 is 15.1 Å². The van der Waals surface area contributed by atoms with Crippen LogP contribution in [0, 0.1) is 13.8 Å². The number of nitrogens with one attached hydrogen (secondary N) is 1. The van der Waals surface area contributed by atoms with Crippen molar-refractivity contribution in [2.24, 2.45) is 0 Å². The highest BCUT2D eigenvalue weighted by molar-refractivity contribution is 5.73. The van der Waals surface area contributed by atoms with Crippen LogP contribution in [-0.4, -0.2) is 57.7 Å². The van der Waals surface area contributed by atoms with Crippen LogP contribution in [-0.2, 0) is 30.7 Å². The van der Waals surface area contributed by atoms with E-state index in [0.717, 1.165) is 48.7 Å². The number of anilines is 2. The van der Waals surface area contributed by atoms with E-state index in [0.29, 0.717) is 19.0 Å². The zero-order valence-electron chi connectivity index (χ0n) is 17.8. The molecule has 8 nitrogen and oxygen atoms in total. The number of aryl methyl sites for hydroxylation is 2. The number of hydrogen-bond donors (Lipinski definition) is 1. The van der Waals surface area contributed by atoms with Gasteiger partial charge >= 0.3 is 0 Å². The van der Waals surface area contributed by atoms with Gasteiger partial charge in [-0.05, 0) is 39.2 Å². The Morgan fingerprint density at radius 1 is 1.25 bits per heavy atom. The molecule has 0 saturated carbocycles. The maximum Gasteiger partial charge on any atom is 0.227 e. The van der Waals surface area contributed by atoms with Gasteiger partial charge in [-0.2, -0.15) is 10.1 Å². The van der Waals surface area contributed by atoms with E-state index < -0.39 is 0 Å². The van der Waals surface area contributed by atoms with Gasteiger partial charge in [0, 0.05) is 51.9 Å². The van der Waals surface area contributed by atoms with Gasteiger partial charge in [0.1, 0.15) is 5.82 Å². The Hall–Kier alpha value is -2.64. The van der Waals surface area contributed by atoms with Crippen LogP contribution in [0.5, 0.6) is 0 Å². The number of amides is 1. The highest BCUT2D eigenvalue weighted by atomic mass is 16.2. The van der Waals surface area contributed by atoms with Gasteiger partial charge in [-0.1, -0.05) is 0 Å². The molecule has 1 amide bonds. The summed E-state index contributed by atoms with van der Waals surface area (Å²) >= 11 is 0. The minimum Gasteiger partial charge on any atom is -0.369 e. The number of carbonyl (C=O) groups excluding carboxylic acids is 1. The zero-order chi connectivity index (χ0) is 20.4. The number of aromatic nitrogens is 4. The number of rotatable bonds is 6. The summed E-state index contributed by atoms with van der Waals surface area (Å²) in [6.07, 6.45) is 1.67. The third-order valence-corrected chi connectivity index (χ3v) is 5.40. The van der Waals surface area contributed by atoms with Gasteiger partial charge in [0.05, 0.1) is 17.9 Å². The third kappa shape index (κ3) is 3.95. The molecule has 3 heterocycles. The highest BCUT2D eigenvalue weighted by Gasteiger charge is 2.24. The minimum absolute atomic E-state index is 0.0871. The standard InChI is InChI=1S/C20H31N7O/c1-7-27-14(3)16(13(2)24-27)8-10-21-19-17-9-11-26(15(4)28)12-18(17)22-20(23-19)25(5)6/h7-12H2,1-6H3,(H,21,22,23). The lowest BCUT2D eigenvalue weighted by atomic mass is 10.0. The van der Waals surface area contributed by atoms with Crippen LogP contribution in [0.3, 0.4) is 0 Å². The first-order valence-corrected chi connectivity index (χ1v) is 9.91. The second kappa shape index (κ2) is 8.16. The molecule has 0 fully saturated rings. The molecule has 1 aliphatic heterocycles. The normalized spacial score (nSPS) is 13.4. The predicted octanol–water partition coefficient (Wildman–Crippen LogP) is 1.94. The van der Waals surface area contributed by atoms with Crippen LogP contribution in [0.1, 0.15) is 42.1 Å². The molecule has 8 heteroatoms. The topological polar surface area (TPSA) is 79.2 Å². The molecule has 0 aromatic carbocycles. The molecule has 28 heavy (non-hydrogen) atoms. The van der Waals surface area contributed by atoms with Crippen molar-refractivity contribution in [3.63, 3.8) is 0 Å². The Labute approximate surface area is 167 Å². The lowest BCUT2D eigenvalue weighted by Crippen LogP contribution is -2.36. The van der Waals surface area contributed by atoms with Crippen molar-refractivity contribution < 1.29 is 4.79 Å². The number of nitrogens with zero attached hydrogens (tertiary/aromatic N) is 6. The Balaban J connectivity index is 1.80. The fraction of sp³-hybridized carbons (Fsp3) is 0.600. The van der Waals surface area contributed by atoms with Crippen LogP contribution in [0.4, 0.5) is 11.8 Å². The molecule has 0 aliphatic carbocycles. The molecule has 152 valence electrons. The monoisotopic (exact) mass is 385 g/mol. The molecule has 0 bridgehead atoms. The number of carbonyl (C=O) groups is 1. The largest absolute Gasteiger partial charge is 0.369 e. The van der Waals surface area contributed by atoms with Crippen molar-refractivity contribution in [3.8, 4) is 0 Å². The second-order valence-electron chi connectivity index (χ2n) is 7.52. The maximum absolute atomic E-state index is 11.8. The van der Waals surface area contributed by atoms with Crippen LogP contribution in [0.25, 0.3) is 0 Å². The third-order valence-electron chi connectivity index (χ3n) is 5.40. The molecule has 0 saturated heterocycles. The van der Waals surface area contributed by atoms with Crippen LogP contribution in [0.2, 0.25) is 0 Å². The summed E-state index contributed by atoms with van der Waals surface area (Å²) in [7, 11) is 3.87. The zero-order valence-corrected chi connectivity index (χ0v) is 17.8. The van der Waals surface area contributed by atoms with E-state index in [2.05, 4.69) is 40.9 Å². The summed E-state index contributed by atoms with van der Waals surface area (Å²) < 4.78 is 2.05. The van der Waals surface area contributed by atoms with Crippen molar-refractivity contribution in [3.05, 3.63) is 28.2 Å². The summed E-state index contributed by atoms with van der Waals surface area (Å²) in [6, 6.07) is 0. The van der Waals surface area contributed by atoms with Crippen LogP contribution >= 0.6 is 0 Å². The van der Waals surface area contributed by atoms with Gasteiger partial charge in [-0.15, -0.1) is 0 Å². The fourth-order valence-corrected chi connectivity index (χ4v) is 3.74. The summed E-state index contributed by atoms with van der Waals surface area (Å²) in [5, 5.41) is 8.13. The van der Waals surface area contributed by atoms with Crippen molar-refractivity contribution in [1.29, 1.82) is 0 Å². The molecule has 2 aromatic heterocycles. The SMILES string of the molecule is CCn1nc(C)c(CCNc2nc(N(C)C)nc3c2CCN(C(C)=O)C3)c1C. The van der Waals surface area contributed by atoms with E-state index in [1.165, 1.54) is 11.3 Å². The molecule has 0 unspecified atom stereocenters. The summed E-state index contributed by atoms with van der Waals surface area (Å²) in [4.78, 5) is 24.9. The second-order valence-corrected chi connectivity index (χ2v) is 7.52. The first-order chi connectivity index (χ1) is 13.3. The van der Waals surface area contributed by atoms with E-state index in [4.69, 9.17) is 4.98 Å². The molecular weight excluding hydrogens is 354 g/mol. The molecular formula is C20H31N7O. The Morgan fingerprint density at radius 2 is 2.00 bits per heavy atom. The molecule has 0 radical (unpaired) electrons. The molecule has 0 atom stereocenters. The number of hydrogen-bond acceptors (Lipinski definition) is 6. The lowest BCUT2D eigenvalue weighted by Gasteiger charge is -2.29. The smallest absolute Gasteiger partial charge is 0.227 e. The van der Waals surface area contributed by atoms with Gasteiger partial charge in [0.2, 0.25) is 11.9 Å². The van der Waals surface area contributed by atoms with Crippen molar-refractivity contribution in [2.75, 3.05) is 37.4 Å². The molecule has 1 aliphatic rings. The minimum atomic E-state index is 0.0871. The molecule has 3 rings (SSSR count). The van der Waals surface area contributed by atoms with E-state index in [1.807, 2.05) is 23.9 Å². The quantitative estimate of drug-likeness (QED) is 0.819. The van der Waals surface area contributed by atoms with Gasteiger partial charge in [-0.3, -0.25) is 9.48 Å². The fourth-order valence-electron chi connectivity index (χ4n) is 3.74. The average Bonchev–Trinajstić information content (AvgIpc) is 2.94. The van der Waals surface area contributed by atoms with E-state index in [-0.39, 0.29) is 5.91 Å². The summed E-state index contributed by atoms with van der Waals surface area (Å²) in [5.41, 5.74) is 5.69. The van der Waals surface area contributed by atoms with E-state index in [1.54, 1.807) is 6.92 Å². The van der Waals surface area contributed by atoms with Crippen molar-refractivity contribution in [2.45, 2.75) is 53.6 Å². The first-order valence-electron chi connectivity index (χ1n) is 9.91. The lowest BCUT2D eigenvalue weighted by molar-refractivity contribution is -0.129. The van der Waals surface area contributed by atoms with Crippen molar-refractivity contribution in [1.82, 2.24) is 24.6 Å². The predicted molar refractivity (Wildman–Crippen MR) is 111 cm³/mol. The van der Waals surface area contributed by atoms with E-state index >= 15 is 0 Å². The maximum atomic E-state index is 11.8. The van der Waals surface area contributed by atoms with Crippen LogP contribution in [0.15, 0.2) is 0 Å². The van der Waals surface area contributed by atoms with Gasteiger partial charge in [0.15, 0.2) is 0 Å². The van der Waals surface area contributed by atoms with Crippen molar-refractivity contribution >= 4 is 17.7 Å². The van der Waals surface area contributed by atoms with E-state index in [9.17, 15) is 4.79 Å². The molecule has 1 N–H and O–H groups in total. The average molecular weight is 386 g/mol. The van der Waals surface area contributed by atoms with Gasteiger partial charge in [-0.25, -0.2) is 4.98 Å². The first kappa shape index (κ1) is 20.1. The molecule has 0 spiro atoms. The highest BCUT2D eigenvalue weighted by Crippen LogP contribution is 2.26. The summed E-state index contributed by atoms with van der Waals surface area (Å²) in [5.74, 6) is 1.64. The summed E-state index contributed by atoms with van der Waals surface area (Å²) in [6.45, 7) is 10.9. The van der Waals surface area contributed by atoms with Gasteiger partial charge in [0.25, 0.3) is 0 Å². The Morgan fingerprint density at radius 3 is 2.61 bits per heavy atom.